The van der Waals surface area contributed by atoms with Crippen molar-refractivity contribution in [3.63, 3.8) is 0 Å². The van der Waals surface area contributed by atoms with Gasteiger partial charge in [0.1, 0.15) is 0 Å². The van der Waals surface area contributed by atoms with Crippen LogP contribution in [0.1, 0.15) is 36.9 Å². The molecule has 1 aliphatic heterocycles. The molecule has 1 N–H and O–H groups in total. The number of benzene rings is 3. The number of hydrogen-bond acceptors (Lipinski definition) is 2. The van der Waals surface area contributed by atoms with E-state index in [1.165, 1.54) is 21.9 Å². The van der Waals surface area contributed by atoms with Gasteiger partial charge in [-0.3, -0.25) is 4.79 Å². The lowest BCUT2D eigenvalue weighted by atomic mass is 9.88. The summed E-state index contributed by atoms with van der Waals surface area (Å²) in [6, 6.07) is 25.9. The van der Waals surface area contributed by atoms with Gasteiger partial charge in [0.15, 0.2) is 0 Å². The Morgan fingerprint density at radius 2 is 1.69 bits per heavy atom. The monoisotopic (exact) mass is 408 g/mol. The first-order valence-corrected chi connectivity index (χ1v) is 10.1. The molecule has 0 saturated carbocycles. The fraction of sp³-hybridized carbons (Fsp3) is 0.320. The maximum absolute atomic E-state index is 12.0. The van der Waals surface area contributed by atoms with Gasteiger partial charge in [0.25, 0.3) is 0 Å². The molecule has 3 nitrogen and oxygen atoms in total. The van der Waals surface area contributed by atoms with Crippen molar-refractivity contribution in [1.82, 2.24) is 10.2 Å². The lowest BCUT2D eigenvalue weighted by Crippen LogP contribution is -2.31. The number of nitrogens with one attached hydrogen (secondary N) is 1. The van der Waals surface area contributed by atoms with E-state index in [-0.39, 0.29) is 24.4 Å². The van der Waals surface area contributed by atoms with Crippen molar-refractivity contribution >= 4 is 29.1 Å². The van der Waals surface area contributed by atoms with Crippen LogP contribution >= 0.6 is 12.4 Å². The van der Waals surface area contributed by atoms with Crippen LogP contribution in [0.2, 0.25) is 0 Å². The highest BCUT2D eigenvalue weighted by Crippen LogP contribution is 2.33. The molecule has 0 radical (unpaired) electrons. The minimum Gasteiger partial charge on any atom is -0.342 e. The standard InChI is InChI=1S/C25H28N2O.ClH/c1-18(23-14-8-12-20-11-6-7-13-24(20)23)26-15-22-16-27(19(2)28)17-25(22)21-9-4-3-5-10-21;/h3-14,18,22,25-26H,15-17H2,1-2H3;1H/t18?,22-,25+;/m1./s1. The number of hydrogen-bond donors (Lipinski definition) is 1. The Kier molecular flexibility index (Phi) is 6.94. The van der Waals surface area contributed by atoms with Gasteiger partial charge >= 0.3 is 0 Å². The van der Waals surface area contributed by atoms with Gasteiger partial charge < -0.3 is 10.2 Å². The molecule has 1 unspecified atom stereocenters. The summed E-state index contributed by atoms with van der Waals surface area (Å²) in [5.74, 6) is 0.978. The van der Waals surface area contributed by atoms with Crippen molar-refractivity contribution in [3.05, 3.63) is 83.9 Å². The molecule has 3 atom stereocenters. The fourth-order valence-electron chi connectivity index (χ4n) is 4.48. The van der Waals surface area contributed by atoms with Gasteiger partial charge in [-0.2, -0.15) is 0 Å². The molecule has 1 aliphatic rings. The molecule has 0 bridgehead atoms. The third kappa shape index (κ3) is 4.63. The van der Waals surface area contributed by atoms with E-state index in [9.17, 15) is 4.79 Å². The van der Waals surface area contributed by atoms with Crippen LogP contribution in [0.3, 0.4) is 0 Å². The minimum atomic E-state index is 0. The second kappa shape index (κ2) is 9.43. The number of fused-ring (bicyclic) bond motifs is 1. The van der Waals surface area contributed by atoms with Gasteiger partial charge in [-0.25, -0.2) is 0 Å². The third-order valence-corrected chi connectivity index (χ3v) is 6.09. The van der Waals surface area contributed by atoms with Gasteiger partial charge in [0, 0.05) is 38.5 Å². The minimum absolute atomic E-state index is 0. The van der Waals surface area contributed by atoms with Crippen LogP contribution in [0.25, 0.3) is 10.8 Å². The molecule has 0 aromatic heterocycles. The zero-order valence-corrected chi connectivity index (χ0v) is 17.9. The Morgan fingerprint density at radius 1 is 1.00 bits per heavy atom. The number of carbonyl (C=O) groups is 1. The summed E-state index contributed by atoms with van der Waals surface area (Å²) in [5.41, 5.74) is 2.66. The van der Waals surface area contributed by atoms with Gasteiger partial charge in [-0.15, -0.1) is 12.4 Å². The predicted molar refractivity (Wildman–Crippen MR) is 123 cm³/mol. The van der Waals surface area contributed by atoms with E-state index in [1.807, 2.05) is 4.90 Å². The third-order valence-electron chi connectivity index (χ3n) is 6.09. The number of halogens is 1. The van der Waals surface area contributed by atoms with Crippen LogP contribution in [-0.2, 0) is 4.79 Å². The molecular weight excluding hydrogens is 380 g/mol. The maximum Gasteiger partial charge on any atom is 0.219 e. The van der Waals surface area contributed by atoms with Gasteiger partial charge in [-0.1, -0.05) is 72.8 Å². The molecule has 0 spiro atoms. The van der Waals surface area contributed by atoms with Crippen LogP contribution in [0.15, 0.2) is 72.8 Å². The largest absolute Gasteiger partial charge is 0.342 e. The highest BCUT2D eigenvalue weighted by molar-refractivity contribution is 5.86. The predicted octanol–water partition coefficient (Wildman–Crippen LogP) is 5.17. The Hall–Kier alpha value is -2.36. The maximum atomic E-state index is 12.0. The molecular formula is C25H29ClN2O. The summed E-state index contributed by atoms with van der Waals surface area (Å²) < 4.78 is 0. The number of rotatable bonds is 5. The van der Waals surface area contributed by atoms with E-state index >= 15 is 0 Å². The van der Waals surface area contributed by atoms with E-state index < -0.39 is 0 Å². The molecule has 4 rings (SSSR count). The van der Waals surface area contributed by atoms with Crippen molar-refractivity contribution in [2.45, 2.75) is 25.8 Å². The van der Waals surface area contributed by atoms with Gasteiger partial charge in [0.2, 0.25) is 5.91 Å². The number of carbonyl (C=O) groups excluding carboxylic acids is 1. The summed E-state index contributed by atoms with van der Waals surface area (Å²) in [7, 11) is 0. The first kappa shape index (κ1) is 21.4. The zero-order chi connectivity index (χ0) is 19.5. The fourth-order valence-corrected chi connectivity index (χ4v) is 4.48. The molecule has 1 heterocycles. The molecule has 1 saturated heterocycles. The topological polar surface area (TPSA) is 32.3 Å². The van der Waals surface area contributed by atoms with Crippen LogP contribution in [0.4, 0.5) is 0 Å². The van der Waals surface area contributed by atoms with E-state index in [4.69, 9.17) is 0 Å². The molecule has 1 amide bonds. The van der Waals surface area contributed by atoms with Gasteiger partial charge in [-0.05, 0) is 34.7 Å². The van der Waals surface area contributed by atoms with E-state index in [0.29, 0.717) is 11.8 Å². The summed E-state index contributed by atoms with van der Waals surface area (Å²) in [6.45, 7) is 6.44. The van der Waals surface area contributed by atoms with Crippen molar-refractivity contribution in [2.75, 3.05) is 19.6 Å². The number of nitrogens with zero attached hydrogens (tertiary/aromatic N) is 1. The highest BCUT2D eigenvalue weighted by atomic mass is 35.5. The molecule has 29 heavy (non-hydrogen) atoms. The first-order valence-electron chi connectivity index (χ1n) is 10.1. The van der Waals surface area contributed by atoms with E-state index in [0.717, 1.165) is 19.6 Å². The Morgan fingerprint density at radius 3 is 2.45 bits per heavy atom. The molecule has 4 heteroatoms. The number of amides is 1. The summed E-state index contributed by atoms with van der Waals surface area (Å²) >= 11 is 0. The second-order valence-electron chi connectivity index (χ2n) is 7.90. The summed E-state index contributed by atoms with van der Waals surface area (Å²) in [4.78, 5) is 14.0. The van der Waals surface area contributed by atoms with Crippen molar-refractivity contribution < 1.29 is 4.79 Å². The summed E-state index contributed by atoms with van der Waals surface area (Å²) in [5, 5.41) is 6.34. The van der Waals surface area contributed by atoms with Crippen LogP contribution in [0.5, 0.6) is 0 Å². The molecule has 3 aromatic carbocycles. The Balaban J connectivity index is 0.00000240. The van der Waals surface area contributed by atoms with Crippen LogP contribution in [-0.4, -0.2) is 30.4 Å². The molecule has 1 fully saturated rings. The average molecular weight is 409 g/mol. The van der Waals surface area contributed by atoms with Crippen LogP contribution < -0.4 is 5.32 Å². The van der Waals surface area contributed by atoms with Gasteiger partial charge in [0.05, 0.1) is 0 Å². The van der Waals surface area contributed by atoms with Crippen molar-refractivity contribution in [1.29, 1.82) is 0 Å². The molecule has 3 aromatic rings. The normalized spacial score (nSPS) is 19.7. The van der Waals surface area contributed by atoms with Crippen LogP contribution in [0, 0.1) is 5.92 Å². The first-order chi connectivity index (χ1) is 13.6. The molecule has 152 valence electrons. The summed E-state index contributed by atoms with van der Waals surface area (Å²) in [6.07, 6.45) is 0. The zero-order valence-electron chi connectivity index (χ0n) is 17.0. The quantitative estimate of drug-likeness (QED) is 0.631. The Bertz CT molecular complexity index is 954. The highest BCUT2D eigenvalue weighted by Gasteiger charge is 2.34. The van der Waals surface area contributed by atoms with Crippen molar-refractivity contribution in [3.8, 4) is 0 Å². The lowest BCUT2D eigenvalue weighted by molar-refractivity contribution is -0.127. The molecule has 0 aliphatic carbocycles. The Labute approximate surface area is 179 Å². The second-order valence-corrected chi connectivity index (χ2v) is 7.90. The lowest BCUT2D eigenvalue weighted by Gasteiger charge is -2.23. The smallest absolute Gasteiger partial charge is 0.219 e. The van der Waals surface area contributed by atoms with Crippen molar-refractivity contribution in [2.24, 2.45) is 5.92 Å². The SMILES string of the molecule is CC(=O)N1C[C@@H](CNC(C)c2cccc3ccccc23)[C@H](c2ccccc2)C1.Cl. The average Bonchev–Trinajstić information content (AvgIpc) is 3.17. The number of likely N-dealkylation sites (tertiary alicyclic amines) is 1. The van der Waals surface area contributed by atoms with E-state index in [2.05, 4.69) is 85.0 Å². The van der Waals surface area contributed by atoms with E-state index in [1.54, 1.807) is 6.92 Å².